The zero-order valence-electron chi connectivity index (χ0n) is 21.9. The maximum atomic E-state index is 13.5. The lowest BCUT2D eigenvalue weighted by Gasteiger charge is -2.37. The van der Waals surface area contributed by atoms with Crippen LogP contribution < -0.4 is 10.1 Å². The third-order valence-corrected chi connectivity index (χ3v) is 7.77. The molecule has 0 saturated heterocycles. The Hall–Kier alpha value is -4.69. The van der Waals surface area contributed by atoms with Crippen molar-refractivity contribution >= 4 is 28.8 Å². The largest absolute Gasteiger partial charge is 0.484 e. The quantitative estimate of drug-likeness (QED) is 0.245. The van der Waals surface area contributed by atoms with Gasteiger partial charge in [-0.05, 0) is 65.7 Å². The number of hydrogen-bond donors (Lipinski definition) is 1. The van der Waals surface area contributed by atoms with Crippen molar-refractivity contribution < 1.29 is 18.7 Å². The summed E-state index contributed by atoms with van der Waals surface area (Å²) in [6.07, 6.45) is 2.09. The van der Waals surface area contributed by atoms with Crippen molar-refractivity contribution in [2.45, 2.75) is 26.0 Å². The standard InChI is InChI=1S/C32H27N3O4S/c1-21-9-12-24(13-10-21)33-31(36)27-19-39-29(34-27)20-38-25-14-11-22-15-16-35(32(37)28-8-5-17-40-28)30(26(22)18-25)23-6-3-2-4-7-23/h2-14,17-19,30H,15-16,20H2,1H3,(H,33,36). The lowest BCUT2D eigenvalue weighted by atomic mass is 9.88. The van der Waals surface area contributed by atoms with Gasteiger partial charge in [-0.15, -0.1) is 11.3 Å². The number of ether oxygens (including phenoxy) is 1. The van der Waals surface area contributed by atoms with Crippen LogP contribution in [0.25, 0.3) is 0 Å². The predicted octanol–water partition coefficient (Wildman–Crippen LogP) is 6.66. The van der Waals surface area contributed by atoms with E-state index in [1.54, 1.807) is 0 Å². The number of carbonyl (C=O) groups is 2. The summed E-state index contributed by atoms with van der Waals surface area (Å²) in [5.41, 5.74) is 5.23. The molecule has 1 aliphatic heterocycles. The van der Waals surface area contributed by atoms with E-state index in [9.17, 15) is 9.59 Å². The van der Waals surface area contributed by atoms with Crippen LogP contribution in [0.15, 0.2) is 101 Å². The molecular weight excluding hydrogens is 522 g/mol. The van der Waals surface area contributed by atoms with Crippen molar-refractivity contribution in [3.05, 3.63) is 135 Å². The van der Waals surface area contributed by atoms with Gasteiger partial charge in [0.05, 0.1) is 10.9 Å². The Kier molecular flexibility index (Phi) is 7.16. The molecule has 40 heavy (non-hydrogen) atoms. The highest BCUT2D eigenvalue weighted by Gasteiger charge is 2.33. The first-order valence-electron chi connectivity index (χ1n) is 13.0. The van der Waals surface area contributed by atoms with Gasteiger partial charge in [-0.2, -0.15) is 0 Å². The van der Waals surface area contributed by atoms with Gasteiger partial charge in [-0.25, -0.2) is 4.98 Å². The Morgan fingerprint density at radius 1 is 1.05 bits per heavy atom. The molecule has 0 aliphatic carbocycles. The van der Waals surface area contributed by atoms with Crippen LogP contribution in [0.4, 0.5) is 5.69 Å². The van der Waals surface area contributed by atoms with Crippen LogP contribution in [0.3, 0.4) is 0 Å². The van der Waals surface area contributed by atoms with E-state index in [1.165, 1.54) is 23.2 Å². The first-order chi connectivity index (χ1) is 19.5. The van der Waals surface area contributed by atoms with Gasteiger partial charge in [-0.1, -0.05) is 60.2 Å². The molecule has 0 radical (unpaired) electrons. The SMILES string of the molecule is Cc1ccc(NC(=O)c2coc(COc3ccc4c(c3)C(c3ccccc3)N(C(=O)c3cccs3)CC4)n2)cc1. The van der Waals surface area contributed by atoms with Gasteiger partial charge in [0.2, 0.25) is 5.89 Å². The van der Waals surface area contributed by atoms with Crippen molar-refractivity contribution in [2.24, 2.45) is 0 Å². The Bertz CT molecular complexity index is 1630. The highest BCUT2D eigenvalue weighted by atomic mass is 32.1. The van der Waals surface area contributed by atoms with Crippen LogP contribution >= 0.6 is 11.3 Å². The van der Waals surface area contributed by atoms with Gasteiger partial charge in [0.1, 0.15) is 12.0 Å². The number of thiophene rings is 1. The van der Waals surface area contributed by atoms with Crippen LogP contribution in [0.1, 0.15) is 54.3 Å². The number of hydrogen-bond acceptors (Lipinski definition) is 6. The van der Waals surface area contributed by atoms with Crippen molar-refractivity contribution in [3.63, 3.8) is 0 Å². The molecule has 1 unspecified atom stereocenters. The number of benzene rings is 3. The summed E-state index contributed by atoms with van der Waals surface area (Å²) in [6.45, 7) is 2.68. The Labute approximate surface area is 236 Å². The third kappa shape index (κ3) is 5.39. The summed E-state index contributed by atoms with van der Waals surface area (Å²) in [5.74, 6) is 0.598. The molecule has 5 aromatic rings. The molecule has 0 fully saturated rings. The molecule has 3 heterocycles. The van der Waals surface area contributed by atoms with Gasteiger partial charge in [0, 0.05) is 12.2 Å². The number of aryl methyl sites for hydroxylation is 1. The Balaban J connectivity index is 1.20. The van der Waals surface area contributed by atoms with Gasteiger partial charge < -0.3 is 19.4 Å². The number of rotatable bonds is 7. The average Bonchev–Trinajstić information content (AvgIpc) is 3.70. The molecule has 0 bridgehead atoms. The second kappa shape index (κ2) is 11.2. The van der Waals surface area contributed by atoms with E-state index in [2.05, 4.69) is 28.5 Å². The Morgan fingerprint density at radius 2 is 1.88 bits per heavy atom. The van der Waals surface area contributed by atoms with Gasteiger partial charge in [-0.3, -0.25) is 9.59 Å². The van der Waals surface area contributed by atoms with E-state index in [-0.39, 0.29) is 30.2 Å². The first-order valence-corrected chi connectivity index (χ1v) is 13.9. The van der Waals surface area contributed by atoms with Crippen LogP contribution in [0.2, 0.25) is 0 Å². The molecule has 200 valence electrons. The lowest BCUT2D eigenvalue weighted by Crippen LogP contribution is -2.40. The monoisotopic (exact) mass is 549 g/mol. The van der Waals surface area contributed by atoms with Crippen LogP contribution in [0, 0.1) is 6.92 Å². The minimum atomic E-state index is -0.353. The first kappa shape index (κ1) is 25.6. The molecule has 1 aliphatic rings. The van der Waals surface area contributed by atoms with Crippen LogP contribution in [-0.2, 0) is 13.0 Å². The minimum absolute atomic E-state index is 0.0250. The van der Waals surface area contributed by atoms with Gasteiger partial charge in [0.15, 0.2) is 12.3 Å². The number of carbonyl (C=O) groups excluding carboxylic acids is 2. The summed E-state index contributed by atoms with van der Waals surface area (Å²) in [7, 11) is 0. The molecule has 1 atom stereocenters. The molecule has 0 saturated carbocycles. The smallest absolute Gasteiger partial charge is 0.277 e. The predicted molar refractivity (Wildman–Crippen MR) is 154 cm³/mol. The minimum Gasteiger partial charge on any atom is -0.484 e. The van der Waals surface area contributed by atoms with Crippen molar-refractivity contribution in [2.75, 3.05) is 11.9 Å². The fourth-order valence-corrected chi connectivity index (χ4v) is 5.58. The maximum absolute atomic E-state index is 13.5. The lowest BCUT2D eigenvalue weighted by molar-refractivity contribution is 0.0699. The zero-order chi connectivity index (χ0) is 27.5. The molecule has 2 amide bonds. The molecule has 3 aromatic carbocycles. The molecule has 1 N–H and O–H groups in total. The van der Waals surface area contributed by atoms with Crippen molar-refractivity contribution in [3.8, 4) is 5.75 Å². The second-order valence-electron chi connectivity index (χ2n) is 9.63. The molecule has 6 rings (SSSR count). The van der Waals surface area contributed by atoms with E-state index in [0.717, 1.165) is 28.0 Å². The Morgan fingerprint density at radius 3 is 2.65 bits per heavy atom. The number of fused-ring (bicyclic) bond motifs is 1. The highest BCUT2D eigenvalue weighted by molar-refractivity contribution is 7.12. The molecule has 8 heteroatoms. The van der Waals surface area contributed by atoms with Crippen LogP contribution in [0.5, 0.6) is 5.75 Å². The average molecular weight is 550 g/mol. The topological polar surface area (TPSA) is 84.7 Å². The van der Waals surface area contributed by atoms with Crippen molar-refractivity contribution in [1.29, 1.82) is 0 Å². The van der Waals surface area contributed by atoms with Crippen LogP contribution in [-0.4, -0.2) is 28.2 Å². The normalized spacial score (nSPS) is 14.4. The van der Waals surface area contributed by atoms with E-state index < -0.39 is 0 Å². The number of anilines is 1. The van der Waals surface area contributed by atoms with Crippen molar-refractivity contribution in [1.82, 2.24) is 9.88 Å². The number of aromatic nitrogens is 1. The van der Waals surface area contributed by atoms with E-state index in [0.29, 0.717) is 23.9 Å². The van der Waals surface area contributed by atoms with E-state index in [1.807, 2.05) is 83.9 Å². The third-order valence-electron chi connectivity index (χ3n) is 6.91. The number of nitrogens with one attached hydrogen (secondary N) is 1. The number of nitrogens with zero attached hydrogens (tertiary/aromatic N) is 2. The fraction of sp³-hybridized carbons (Fsp3) is 0.156. The maximum Gasteiger partial charge on any atom is 0.277 e. The summed E-state index contributed by atoms with van der Waals surface area (Å²) >= 11 is 1.46. The van der Waals surface area contributed by atoms with E-state index in [4.69, 9.17) is 9.15 Å². The number of amides is 2. The molecular formula is C32H27N3O4S. The highest BCUT2D eigenvalue weighted by Crippen LogP contribution is 2.38. The fourth-order valence-electron chi connectivity index (χ4n) is 4.90. The summed E-state index contributed by atoms with van der Waals surface area (Å²) < 4.78 is 11.6. The molecule has 7 nitrogen and oxygen atoms in total. The summed E-state index contributed by atoms with van der Waals surface area (Å²) in [4.78, 5) is 33.0. The molecule has 2 aromatic heterocycles. The number of oxazole rings is 1. The zero-order valence-corrected chi connectivity index (χ0v) is 22.7. The molecule has 0 spiro atoms. The van der Waals surface area contributed by atoms with Gasteiger partial charge in [0.25, 0.3) is 11.8 Å². The second-order valence-corrected chi connectivity index (χ2v) is 10.6. The van der Waals surface area contributed by atoms with Gasteiger partial charge >= 0.3 is 0 Å². The summed E-state index contributed by atoms with van der Waals surface area (Å²) in [6, 6.07) is 27.1. The summed E-state index contributed by atoms with van der Waals surface area (Å²) in [5, 5.41) is 4.74. The van der Waals surface area contributed by atoms with E-state index >= 15 is 0 Å².